The number of nitrogens with one attached hydrogen (secondary N) is 1. The van der Waals surface area contributed by atoms with Crippen LogP contribution in [0.5, 0.6) is 0 Å². The first-order valence-corrected chi connectivity index (χ1v) is 11.2. The van der Waals surface area contributed by atoms with Crippen LogP contribution >= 0.6 is 11.3 Å². The molecule has 5 nitrogen and oxygen atoms in total. The lowest BCUT2D eigenvalue weighted by molar-refractivity contribution is -0.123. The number of hydrogen-bond acceptors (Lipinski definition) is 5. The average Bonchev–Trinajstić information content (AvgIpc) is 3.43. The van der Waals surface area contributed by atoms with Crippen LogP contribution in [-0.4, -0.2) is 67.7 Å². The molecule has 0 radical (unpaired) electrons. The van der Waals surface area contributed by atoms with E-state index in [1.165, 1.54) is 18.6 Å². The lowest BCUT2D eigenvalue weighted by Gasteiger charge is -2.35. The zero-order valence-electron chi connectivity index (χ0n) is 16.6. The van der Waals surface area contributed by atoms with Gasteiger partial charge < -0.3 is 10.1 Å². The number of ether oxygens (including phenoxy) is 1. The third-order valence-electron chi connectivity index (χ3n) is 5.65. The van der Waals surface area contributed by atoms with E-state index < -0.39 is 0 Å². The van der Waals surface area contributed by atoms with Crippen molar-refractivity contribution < 1.29 is 13.9 Å². The molecule has 2 aromatic rings. The second-order valence-electron chi connectivity index (χ2n) is 7.78. The smallest absolute Gasteiger partial charge is 0.234 e. The molecule has 0 saturated carbocycles. The molecule has 4 rings (SSSR count). The summed E-state index contributed by atoms with van der Waals surface area (Å²) in [5, 5.41) is 5.14. The van der Waals surface area contributed by atoms with Gasteiger partial charge in [0.25, 0.3) is 0 Å². The van der Waals surface area contributed by atoms with Gasteiger partial charge in [-0.05, 0) is 42.0 Å². The van der Waals surface area contributed by atoms with Crippen LogP contribution < -0.4 is 5.32 Å². The minimum atomic E-state index is -0.272. The van der Waals surface area contributed by atoms with E-state index in [9.17, 15) is 9.18 Å². The summed E-state index contributed by atoms with van der Waals surface area (Å²) in [6.07, 6.45) is 2.72. The quantitative estimate of drug-likeness (QED) is 0.753. The second-order valence-corrected chi connectivity index (χ2v) is 8.76. The second kappa shape index (κ2) is 9.80. The summed E-state index contributed by atoms with van der Waals surface area (Å²) in [7, 11) is 0. The van der Waals surface area contributed by atoms with Gasteiger partial charge >= 0.3 is 0 Å². The van der Waals surface area contributed by atoms with Gasteiger partial charge in [0.2, 0.25) is 5.91 Å². The van der Waals surface area contributed by atoms with Crippen molar-refractivity contribution in [3.05, 3.63) is 58.0 Å². The number of piperazine rings is 1. The van der Waals surface area contributed by atoms with Crippen LogP contribution in [-0.2, 0) is 9.53 Å². The van der Waals surface area contributed by atoms with Crippen molar-refractivity contribution in [3.63, 3.8) is 0 Å². The summed E-state index contributed by atoms with van der Waals surface area (Å²) in [5.74, 6) is -0.272. The molecule has 2 aliphatic heterocycles. The molecule has 2 atom stereocenters. The van der Waals surface area contributed by atoms with Gasteiger partial charge in [-0.25, -0.2) is 4.39 Å². The predicted molar refractivity (Wildman–Crippen MR) is 113 cm³/mol. The zero-order valence-corrected chi connectivity index (χ0v) is 17.4. The molecule has 2 aliphatic rings. The molecule has 2 unspecified atom stereocenters. The Hall–Kier alpha value is -1.80. The summed E-state index contributed by atoms with van der Waals surface area (Å²) in [6.45, 7) is 6.01. The van der Waals surface area contributed by atoms with E-state index in [0.29, 0.717) is 12.6 Å². The van der Waals surface area contributed by atoms with Crippen molar-refractivity contribution in [2.24, 2.45) is 0 Å². The van der Waals surface area contributed by atoms with E-state index in [0.717, 1.165) is 56.2 Å². The number of nitrogens with zero attached hydrogens (tertiary/aromatic N) is 2. The topological polar surface area (TPSA) is 44.8 Å². The normalized spacial score (nSPS) is 21.9. The van der Waals surface area contributed by atoms with E-state index in [1.54, 1.807) is 23.5 Å². The van der Waals surface area contributed by atoms with E-state index >= 15 is 0 Å². The molecular formula is C22H28FN3O2S. The zero-order chi connectivity index (χ0) is 20.1. The third-order valence-corrected chi connectivity index (χ3v) is 6.59. The van der Waals surface area contributed by atoms with E-state index in [-0.39, 0.29) is 17.8 Å². The molecule has 0 spiro atoms. The van der Waals surface area contributed by atoms with E-state index in [1.807, 2.05) is 17.5 Å². The van der Waals surface area contributed by atoms with Crippen LogP contribution in [0.4, 0.5) is 4.39 Å². The summed E-state index contributed by atoms with van der Waals surface area (Å²) in [4.78, 5) is 18.5. The number of amides is 1. The first-order valence-electron chi connectivity index (χ1n) is 10.3. The lowest BCUT2D eigenvalue weighted by Crippen LogP contribution is -2.51. The molecule has 0 aliphatic carbocycles. The number of benzene rings is 1. The van der Waals surface area contributed by atoms with Gasteiger partial charge in [-0.1, -0.05) is 18.2 Å². The van der Waals surface area contributed by atoms with Crippen LogP contribution in [0.25, 0.3) is 0 Å². The van der Waals surface area contributed by atoms with E-state index in [2.05, 4.69) is 15.1 Å². The molecule has 1 N–H and O–H groups in total. The Morgan fingerprint density at radius 1 is 1.17 bits per heavy atom. The molecule has 3 heterocycles. The molecule has 1 amide bonds. The number of carbonyl (C=O) groups excluding carboxylic acids is 1. The van der Waals surface area contributed by atoms with Gasteiger partial charge in [-0.3, -0.25) is 14.6 Å². The van der Waals surface area contributed by atoms with E-state index in [4.69, 9.17) is 4.74 Å². The highest BCUT2D eigenvalue weighted by atomic mass is 32.1. The third kappa shape index (κ3) is 5.63. The summed E-state index contributed by atoms with van der Waals surface area (Å²) < 4.78 is 19.1. The number of rotatable bonds is 7. The van der Waals surface area contributed by atoms with Gasteiger partial charge in [-0.2, -0.15) is 0 Å². The fourth-order valence-corrected chi connectivity index (χ4v) is 4.85. The Labute approximate surface area is 175 Å². The molecule has 2 fully saturated rings. The molecule has 7 heteroatoms. The summed E-state index contributed by atoms with van der Waals surface area (Å²) in [5.41, 5.74) is 0.892. The minimum Gasteiger partial charge on any atom is -0.377 e. The highest BCUT2D eigenvalue weighted by Crippen LogP contribution is 2.26. The maximum absolute atomic E-state index is 13.3. The molecule has 2 saturated heterocycles. The number of halogens is 1. The fourth-order valence-electron chi connectivity index (χ4n) is 4.05. The molecule has 1 aromatic heterocycles. The lowest BCUT2D eigenvalue weighted by atomic mass is 10.1. The number of carbonyl (C=O) groups is 1. The number of hydrogen-bond donors (Lipinski definition) is 1. The van der Waals surface area contributed by atoms with Crippen molar-refractivity contribution >= 4 is 17.2 Å². The van der Waals surface area contributed by atoms with Crippen molar-refractivity contribution in [2.75, 3.05) is 45.9 Å². The Morgan fingerprint density at radius 2 is 1.93 bits per heavy atom. The van der Waals surface area contributed by atoms with Crippen LogP contribution in [0.2, 0.25) is 0 Å². The Balaban J connectivity index is 1.30. The maximum atomic E-state index is 13.3. The minimum absolute atomic E-state index is 0.000279. The highest BCUT2D eigenvalue weighted by Gasteiger charge is 2.25. The van der Waals surface area contributed by atoms with Crippen molar-refractivity contribution in [1.82, 2.24) is 15.1 Å². The van der Waals surface area contributed by atoms with Crippen LogP contribution in [0, 0.1) is 5.82 Å². The maximum Gasteiger partial charge on any atom is 0.234 e. The monoisotopic (exact) mass is 417 g/mol. The first kappa shape index (κ1) is 20.5. The van der Waals surface area contributed by atoms with Crippen LogP contribution in [0.3, 0.4) is 0 Å². The molecular weight excluding hydrogens is 389 g/mol. The van der Waals surface area contributed by atoms with Gasteiger partial charge in [0.1, 0.15) is 5.82 Å². The van der Waals surface area contributed by atoms with Gasteiger partial charge in [0.05, 0.1) is 18.7 Å². The highest BCUT2D eigenvalue weighted by molar-refractivity contribution is 7.10. The van der Waals surface area contributed by atoms with Crippen molar-refractivity contribution in [3.8, 4) is 0 Å². The molecule has 29 heavy (non-hydrogen) atoms. The Kier molecular flexibility index (Phi) is 6.92. The SMILES string of the molecule is O=C(CN1CCN(CC2CCCO2)CC1)NC(c1ccc(F)cc1)c1cccs1. The van der Waals surface area contributed by atoms with Crippen LogP contribution in [0.1, 0.15) is 29.3 Å². The fraction of sp³-hybridized carbons (Fsp3) is 0.500. The van der Waals surface area contributed by atoms with Gasteiger partial charge in [-0.15, -0.1) is 11.3 Å². The molecule has 156 valence electrons. The van der Waals surface area contributed by atoms with Crippen LogP contribution in [0.15, 0.2) is 41.8 Å². The van der Waals surface area contributed by atoms with Crippen molar-refractivity contribution in [1.29, 1.82) is 0 Å². The number of thiophene rings is 1. The Morgan fingerprint density at radius 3 is 2.59 bits per heavy atom. The van der Waals surface area contributed by atoms with Crippen molar-refractivity contribution in [2.45, 2.75) is 25.0 Å². The molecule has 0 bridgehead atoms. The van der Waals surface area contributed by atoms with Gasteiger partial charge in [0.15, 0.2) is 0 Å². The first-order chi connectivity index (χ1) is 14.2. The molecule has 1 aromatic carbocycles. The average molecular weight is 418 g/mol. The predicted octanol–water partition coefficient (Wildman–Crippen LogP) is 2.89. The standard InChI is InChI=1S/C22H28FN3O2S/c23-18-7-5-17(6-8-18)22(20-4-2-14-29-20)24-21(27)16-26-11-9-25(10-12-26)15-19-3-1-13-28-19/h2,4-8,14,19,22H,1,3,9-13,15-16H2,(H,24,27). The van der Waals surface area contributed by atoms with Gasteiger partial charge in [0, 0.05) is 44.2 Å². The summed E-state index contributed by atoms with van der Waals surface area (Å²) in [6, 6.07) is 10.1. The Bertz CT molecular complexity index is 770. The summed E-state index contributed by atoms with van der Waals surface area (Å²) >= 11 is 1.59. The largest absolute Gasteiger partial charge is 0.377 e.